The zero-order chi connectivity index (χ0) is 19.1. The molecule has 6 heteroatoms. The van der Waals surface area contributed by atoms with Crippen LogP contribution in [0.15, 0.2) is 35.3 Å². The standard InChI is InChI=1S/C21H34N4OS/c1-3-22-21(23-12-13-27(26)16-17-8-5-4-6-9-17)24-18-14-19-10-7-11-20(15-18)25(19)2/h4-6,8-9,18-20H,3,7,10-16H2,1-2H3,(H2,22,23,24). The van der Waals surface area contributed by atoms with E-state index in [9.17, 15) is 4.21 Å². The first kappa shape index (κ1) is 20.3. The minimum Gasteiger partial charge on any atom is -0.357 e. The molecule has 150 valence electrons. The number of hydrogen-bond donors (Lipinski definition) is 2. The second-order valence-corrected chi connectivity index (χ2v) is 9.33. The van der Waals surface area contributed by atoms with Crippen LogP contribution in [0.3, 0.4) is 0 Å². The number of hydrogen-bond acceptors (Lipinski definition) is 3. The van der Waals surface area contributed by atoms with Crippen molar-refractivity contribution in [1.82, 2.24) is 15.5 Å². The Morgan fingerprint density at radius 2 is 1.93 bits per heavy atom. The molecule has 3 rings (SSSR count). The van der Waals surface area contributed by atoms with Gasteiger partial charge in [-0.05, 0) is 45.2 Å². The molecule has 1 aromatic rings. The number of aliphatic imine (C=N–C) groups is 1. The van der Waals surface area contributed by atoms with Crippen molar-refractivity contribution in [3.63, 3.8) is 0 Å². The predicted octanol–water partition coefficient (Wildman–Crippen LogP) is 2.51. The van der Waals surface area contributed by atoms with Crippen molar-refractivity contribution in [3.8, 4) is 0 Å². The van der Waals surface area contributed by atoms with Gasteiger partial charge < -0.3 is 15.5 Å². The van der Waals surface area contributed by atoms with E-state index in [0.717, 1.165) is 18.1 Å². The van der Waals surface area contributed by atoms with Gasteiger partial charge in [-0.3, -0.25) is 9.20 Å². The lowest BCUT2D eigenvalue weighted by atomic mass is 9.82. The van der Waals surface area contributed by atoms with Crippen molar-refractivity contribution in [2.45, 2.75) is 62.9 Å². The summed E-state index contributed by atoms with van der Waals surface area (Å²) in [6.45, 7) is 3.53. The highest BCUT2D eigenvalue weighted by Crippen LogP contribution is 2.32. The van der Waals surface area contributed by atoms with Crippen LogP contribution in [0.1, 0.15) is 44.6 Å². The van der Waals surface area contributed by atoms with Crippen LogP contribution in [0, 0.1) is 0 Å². The van der Waals surface area contributed by atoms with Gasteiger partial charge in [-0.15, -0.1) is 0 Å². The van der Waals surface area contributed by atoms with Gasteiger partial charge in [0.05, 0.1) is 6.54 Å². The van der Waals surface area contributed by atoms with E-state index in [2.05, 4.69) is 34.5 Å². The van der Waals surface area contributed by atoms with Crippen LogP contribution in [0.25, 0.3) is 0 Å². The van der Waals surface area contributed by atoms with Gasteiger partial charge in [0, 0.05) is 47.0 Å². The Bertz CT molecular complexity index is 622. The highest BCUT2D eigenvalue weighted by molar-refractivity contribution is 7.84. The number of nitrogens with one attached hydrogen (secondary N) is 2. The molecular weight excluding hydrogens is 356 g/mol. The number of guanidine groups is 1. The number of fused-ring (bicyclic) bond motifs is 2. The number of benzene rings is 1. The summed E-state index contributed by atoms with van der Waals surface area (Å²) in [5.74, 6) is 2.09. The van der Waals surface area contributed by atoms with Gasteiger partial charge in [-0.1, -0.05) is 36.8 Å². The number of piperidine rings is 2. The monoisotopic (exact) mass is 390 g/mol. The van der Waals surface area contributed by atoms with Crippen molar-refractivity contribution in [1.29, 1.82) is 0 Å². The number of nitrogens with zero attached hydrogens (tertiary/aromatic N) is 2. The average molecular weight is 391 g/mol. The summed E-state index contributed by atoms with van der Waals surface area (Å²) >= 11 is 0. The number of rotatable bonds is 7. The van der Waals surface area contributed by atoms with Gasteiger partial charge in [-0.25, -0.2) is 0 Å². The Kier molecular flexibility index (Phi) is 7.70. The van der Waals surface area contributed by atoms with Crippen LogP contribution in [-0.4, -0.2) is 59.1 Å². The van der Waals surface area contributed by atoms with Crippen molar-refractivity contribution >= 4 is 16.8 Å². The van der Waals surface area contributed by atoms with Crippen LogP contribution < -0.4 is 10.6 Å². The fourth-order valence-corrected chi connectivity index (χ4v) is 5.34. The third-order valence-corrected chi connectivity index (χ3v) is 7.08. The lowest BCUT2D eigenvalue weighted by Crippen LogP contribution is -2.56. The van der Waals surface area contributed by atoms with E-state index in [1.807, 2.05) is 30.3 Å². The van der Waals surface area contributed by atoms with Crippen LogP contribution in [0.2, 0.25) is 0 Å². The molecule has 2 aliphatic heterocycles. The van der Waals surface area contributed by atoms with Crippen molar-refractivity contribution in [2.75, 3.05) is 25.9 Å². The molecule has 27 heavy (non-hydrogen) atoms. The van der Waals surface area contributed by atoms with Crippen LogP contribution in [0.5, 0.6) is 0 Å². The zero-order valence-corrected chi connectivity index (χ0v) is 17.5. The molecule has 2 saturated heterocycles. The van der Waals surface area contributed by atoms with Crippen molar-refractivity contribution < 1.29 is 4.21 Å². The maximum atomic E-state index is 12.3. The molecule has 2 bridgehead atoms. The lowest BCUT2D eigenvalue weighted by molar-refractivity contribution is 0.0526. The maximum Gasteiger partial charge on any atom is 0.191 e. The Hall–Kier alpha value is -1.40. The fourth-order valence-electron chi connectivity index (χ4n) is 4.34. The van der Waals surface area contributed by atoms with Gasteiger partial charge in [-0.2, -0.15) is 0 Å². The van der Waals surface area contributed by atoms with E-state index in [-0.39, 0.29) is 0 Å². The third-order valence-electron chi connectivity index (χ3n) is 5.78. The smallest absolute Gasteiger partial charge is 0.191 e. The topological polar surface area (TPSA) is 56.7 Å². The summed E-state index contributed by atoms with van der Waals surface area (Å²) in [7, 11) is 1.41. The molecular formula is C21H34N4OS. The van der Waals surface area contributed by atoms with E-state index in [1.165, 1.54) is 32.1 Å². The molecule has 5 nitrogen and oxygen atoms in total. The van der Waals surface area contributed by atoms with Crippen LogP contribution >= 0.6 is 0 Å². The summed E-state index contributed by atoms with van der Waals surface area (Å²) in [5, 5.41) is 7.00. The van der Waals surface area contributed by atoms with E-state index >= 15 is 0 Å². The summed E-state index contributed by atoms with van der Waals surface area (Å²) in [6.07, 6.45) is 6.39. The Morgan fingerprint density at radius 3 is 2.59 bits per heavy atom. The second kappa shape index (κ2) is 10.2. The second-order valence-electron chi connectivity index (χ2n) is 7.75. The summed E-state index contributed by atoms with van der Waals surface area (Å²) < 4.78 is 12.3. The molecule has 0 saturated carbocycles. The molecule has 2 aliphatic rings. The van der Waals surface area contributed by atoms with Gasteiger partial charge in [0.2, 0.25) is 0 Å². The van der Waals surface area contributed by atoms with Crippen molar-refractivity contribution in [2.24, 2.45) is 4.99 Å². The highest BCUT2D eigenvalue weighted by Gasteiger charge is 2.36. The van der Waals surface area contributed by atoms with E-state index < -0.39 is 10.8 Å². The lowest BCUT2D eigenvalue weighted by Gasteiger charge is -2.47. The molecule has 0 radical (unpaired) electrons. The Labute approximate surface area is 166 Å². The van der Waals surface area contributed by atoms with Crippen LogP contribution in [0.4, 0.5) is 0 Å². The Balaban J connectivity index is 1.48. The molecule has 0 aromatic heterocycles. The predicted molar refractivity (Wildman–Crippen MR) is 114 cm³/mol. The minimum atomic E-state index is -0.876. The normalized spacial score (nSPS) is 27.2. The van der Waals surface area contributed by atoms with E-state index in [1.54, 1.807) is 0 Å². The quantitative estimate of drug-likeness (QED) is 0.555. The fraction of sp³-hybridized carbons (Fsp3) is 0.667. The molecule has 2 N–H and O–H groups in total. The summed E-state index contributed by atoms with van der Waals surface area (Å²) in [5.41, 5.74) is 1.13. The molecule has 0 amide bonds. The molecule has 3 unspecified atom stereocenters. The summed E-state index contributed by atoms with van der Waals surface area (Å²) in [4.78, 5) is 7.27. The molecule has 0 aliphatic carbocycles. The minimum absolute atomic E-state index is 0.490. The molecule has 2 fully saturated rings. The van der Waals surface area contributed by atoms with E-state index in [4.69, 9.17) is 0 Å². The van der Waals surface area contributed by atoms with Crippen molar-refractivity contribution in [3.05, 3.63) is 35.9 Å². The van der Waals surface area contributed by atoms with Gasteiger partial charge in [0.15, 0.2) is 5.96 Å². The Morgan fingerprint density at radius 1 is 1.22 bits per heavy atom. The molecule has 0 spiro atoms. The first-order chi connectivity index (χ1) is 13.2. The third kappa shape index (κ3) is 6.04. The molecule has 2 heterocycles. The highest BCUT2D eigenvalue weighted by atomic mass is 32.2. The van der Waals surface area contributed by atoms with Gasteiger partial charge >= 0.3 is 0 Å². The SMILES string of the molecule is CCNC(=NCCS(=O)Cc1ccccc1)NC1CC2CCCC(C1)N2C. The van der Waals surface area contributed by atoms with Crippen LogP contribution in [-0.2, 0) is 16.6 Å². The molecule has 1 aromatic carbocycles. The largest absolute Gasteiger partial charge is 0.357 e. The van der Waals surface area contributed by atoms with E-state index in [0.29, 0.717) is 36.2 Å². The maximum absolute atomic E-state index is 12.3. The zero-order valence-electron chi connectivity index (χ0n) is 16.7. The molecule has 3 atom stereocenters. The first-order valence-electron chi connectivity index (χ1n) is 10.3. The summed E-state index contributed by atoms with van der Waals surface area (Å²) in [6, 6.07) is 11.9. The van der Waals surface area contributed by atoms with Gasteiger partial charge in [0.25, 0.3) is 0 Å². The first-order valence-corrected chi connectivity index (χ1v) is 11.8. The van der Waals surface area contributed by atoms with Gasteiger partial charge in [0.1, 0.15) is 0 Å². The average Bonchev–Trinajstić information content (AvgIpc) is 2.63.